The van der Waals surface area contributed by atoms with Crippen LogP contribution in [0.25, 0.3) is 0 Å². The highest BCUT2D eigenvalue weighted by Gasteiger charge is 2.16. The molecule has 1 heterocycles. The highest BCUT2D eigenvalue weighted by molar-refractivity contribution is 14.1. The molecule has 98 valence electrons. The van der Waals surface area contributed by atoms with E-state index >= 15 is 0 Å². The van der Waals surface area contributed by atoms with E-state index in [1.807, 2.05) is 12.1 Å². The Balaban J connectivity index is 2.18. The molecule has 0 saturated carbocycles. The molecule has 4 nitrogen and oxygen atoms in total. The van der Waals surface area contributed by atoms with Crippen molar-refractivity contribution in [3.05, 3.63) is 51.0 Å². The van der Waals surface area contributed by atoms with E-state index in [4.69, 9.17) is 4.42 Å². The van der Waals surface area contributed by atoms with Crippen LogP contribution in [0, 0.1) is 10.5 Å². The molecule has 0 spiro atoms. The van der Waals surface area contributed by atoms with Gasteiger partial charge < -0.3 is 9.73 Å². The maximum Gasteiger partial charge on any atom is 0.291 e. The molecule has 0 bridgehead atoms. The van der Waals surface area contributed by atoms with Crippen LogP contribution in [0.1, 0.15) is 33.6 Å². The topological polar surface area (TPSA) is 59.3 Å². The summed E-state index contributed by atoms with van der Waals surface area (Å²) in [5, 5.41) is 2.72. The third-order valence-electron chi connectivity index (χ3n) is 2.62. The summed E-state index contributed by atoms with van der Waals surface area (Å²) >= 11 is 2.19. The van der Waals surface area contributed by atoms with Crippen molar-refractivity contribution in [3.63, 3.8) is 0 Å². The van der Waals surface area contributed by atoms with Gasteiger partial charge in [0, 0.05) is 15.3 Å². The standard InChI is InChI=1S/C14H12INO3/c1-8(17)12-7-13(19-9(12)2)14(18)16-11-5-3-10(15)4-6-11/h3-7H,1-2H3,(H,16,18). The molecular weight excluding hydrogens is 357 g/mol. The van der Waals surface area contributed by atoms with E-state index in [9.17, 15) is 9.59 Å². The average molecular weight is 369 g/mol. The molecule has 0 aliphatic rings. The first kappa shape index (κ1) is 13.8. The fraction of sp³-hybridized carbons (Fsp3) is 0.143. The Morgan fingerprint density at radius 2 is 1.84 bits per heavy atom. The predicted octanol–water partition coefficient (Wildman–Crippen LogP) is 3.65. The number of Topliss-reactive ketones (excluding diaryl/α,β-unsaturated/α-hetero) is 1. The van der Waals surface area contributed by atoms with Gasteiger partial charge in [0.05, 0.1) is 5.56 Å². The number of ketones is 1. The number of amides is 1. The molecule has 0 fully saturated rings. The summed E-state index contributed by atoms with van der Waals surface area (Å²) in [5.41, 5.74) is 1.12. The van der Waals surface area contributed by atoms with Gasteiger partial charge in [0.2, 0.25) is 0 Å². The maximum atomic E-state index is 12.0. The van der Waals surface area contributed by atoms with Gasteiger partial charge in [-0.25, -0.2) is 0 Å². The monoisotopic (exact) mass is 369 g/mol. The number of aryl methyl sites for hydroxylation is 1. The molecule has 0 aliphatic carbocycles. The van der Waals surface area contributed by atoms with Crippen LogP contribution in [0.15, 0.2) is 34.7 Å². The first-order valence-electron chi connectivity index (χ1n) is 5.65. The molecule has 0 aliphatic heterocycles. The molecule has 19 heavy (non-hydrogen) atoms. The van der Waals surface area contributed by atoms with Crippen molar-refractivity contribution in [2.45, 2.75) is 13.8 Å². The molecular formula is C14H12INO3. The lowest BCUT2D eigenvalue weighted by Crippen LogP contribution is -2.10. The van der Waals surface area contributed by atoms with Gasteiger partial charge in [-0.15, -0.1) is 0 Å². The number of hydrogen-bond acceptors (Lipinski definition) is 3. The van der Waals surface area contributed by atoms with Crippen LogP contribution in [0.3, 0.4) is 0 Å². The summed E-state index contributed by atoms with van der Waals surface area (Å²) in [5.74, 6) is 0.118. The van der Waals surface area contributed by atoms with E-state index in [2.05, 4.69) is 27.9 Å². The van der Waals surface area contributed by atoms with Crippen molar-refractivity contribution in [1.29, 1.82) is 0 Å². The van der Waals surface area contributed by atoms with E-state index in [1.165, 1.54) is 13.0 Å². The fourth-order valence-electron chi connectivity index (χ4n) is 1.67. The van der Waals surface area contributed by atoms with Crippen molar-refractivity contribution >= 4 is 40.0 Å². The van der Waals surface area contributed by atoms with Gasteiger partial charge in [-0.05, 0) is 60.7 Å². The number of carbonyl (C=O) groups is 2. The molecule has 0 unspecified atom stereocenters. The molecule has 0 saturated heterocycles. The molecule has 1 amide bonds. The summed E-state index contributed by atoms with van der Waals surface area (Å²) in [6.45, 7) is 3.11. The van der Waals surface area contributed by atoms with E-state index < -0.39 is 0 Å². The Bertz CT molecular complexity index is 629. The zero-order valence-electron chi connectivity index (χ0n) is 10.5. The van der Waals surface area contributed by atoms with Crippen LogP contribution < -0.4 is 5.32 Å². The van der Waals surface area contributed by atoms with Gasteiger partial charge in [-0.1, -0.05) is 0 Å². The Labute approximate surface area is 124 Å². The quantitative estimate of drug-likeness (QED) is 0.664. The van der Waals surface area contributed by atoms with Crippen molar-refractivity contribution in [3.8, 4) is 0 Å². The van der Waals surface area contributed by atoms with Crippen LogP contribution >= 0.6 is 22.6 Å². The minimum absolute atomic E-state index is 0.116. The van der Waals surface area contributed by atoms with Gasteiger partial charge in [0.1, 0.15) is 5.76 Å². The number of benzene rings is 1. The Kier molecular flexibility index (Phi) is 4.04. The van der Waals surface area contributed by atoms with Gasteiger partial charge in [0.25, 0.3) is 5.91 Å². The number of hydrogen-bond donors (Lipinski definition) is 1. The normalized spacial score (nSPS) is 10.3. The first-order valence-corrected chi connectivity index (χ1v) is 6.73. The van der Waals surface area contributed by atoms with E-state index in [1.54, 1.807) is 19.1 Å². The van der Waals surface area contributed by atoms with Crippen LogP contribution in [-0.2, 0) is 0 Å². The van der Waals surface area contributed by atoms with Gasteiger partial charge >= 0.3 is 0 Å². The minimum atomic E-state index is -0.364. The summed E-state index contributed by atoms with van der Waals surface area (Å²) in [6, 6.07) is 8.87. The van der Waals surface area contributed by atoms with Crippen LogP contribution in [0.2, 0.25) is 0 Å². The second-order valence-electron chi connectivity index (χ2n) is 4.10. The van der Waals surface area contributed by atoms with Crippen molar-refractivity contribution < 1.29 is 14.0 Å². The zero-order valence-corrected chi connectivity index (χ0v) is 12.6. The zero-order chi connectivity index (χ0) is 14.0. The molecule has 0 atom stereocenters. The smallest absolute Gasteiger partial charge is 0.291 e. The lowest BCUT2D eigenvalue weighted by Gasteiger charge is -2.02. The number of rotatable bonds is 3. The SMILES string of the molecule is CC(=O)c1cc(C(=O)Nc2ccc(I)cc2)oc1C. The van der Waals surface area contributed by atoms with Gasteiger partial charge in [-0.2, -0.15) is 0 Å². The summed E-state index contributed by atoms with van der Waals surface area (Å²) < 4.78 is 6.39. The Morgan fingerprint density at radius 3 is 2.37 bits per heavy atom. The minimum Gasteiger partial charge on any atom is -0.455 e. The average Bonchev–Trinajstić information content (AvgIpc) is 2.74. The van der Waals surface area contributed by atoms with E-state index in [0.717, 1.165) is 3.57 Å². The third-order valence-corrected chi connectivity index (χ3v) is 3.34. The second kappa shape index (κ2) is 5.56. The van der Waals surface area contributed by atoms with Crippen molar-refractivity contribution in [1.82, 2.24) is 0 Å². The van der Waals surface area contributed by atoms with Crippen LogP contribution in [0.5, 0.6) is 0 Å². The summed E-state index contributed by atoms with van der Waals surface area (Å²) in [7, 11) is 0. The second-order valence-corrected chi connectivity index (χ2v) is 5.34. The third kappa shape index (κ3) is 3.23. The molecule has 5 heteroatoms. The van der Waals surface area contributed by atoms with Crippen molar-refractivity contribution in [2.75, 3.05) is 5.32 Å². The largest absolute Gasteiger partial charge is 0.455 e. The molecule has 2 aromatic rings. The number of anilines is 1. The number of furan rings is 1. The lowest BCUT2D eigenvalue weighted by atomic mass is 10.2. The predicted molar refractivity (Wildman–Crippen MR) is 80.6 cm³/mol. The Hall–Kier alpha value is -1.63. The van der Waals surface area contributed by atoms with Crippen LogP contribution in [0.4, 0.5) is 5.69 Å². The summed E-state index contributed by atoms with van der Waals surface area (Å²) in [4.78, 5) is 23.3. The Morgan fingerprint density at radius 1 is 1.21 bits per heavy atom. The van der Waals surface area contributed by atoms with Gasteiger partial charge in [0.15, 0.2) is 11.5 Å². The first-order chi connectivity index (χ1) is 8.97. The molecule has 1 aromatic heterocycles. The lowest BCUT2D eigenvalue weighted by molar-refractivity contribution is 0.0991. The molecule has 2 rings (SSSR count). The van der Waals surface area contributed by atoms with Crippen LogP contribution in [-0.4, -0.2) is 11.7 Å². The molecule has 1 aromatic carbocycles. The summed E-state index contributed by atoms with van der Waals surface area (Å²) in [6.07, 6.45) is 0. The number of carbonyl (C=O) groups excluding carboxylic acids is 2. The highest BCUT2D eigenvalue weighted by Crippen LogP contribution is 2.17. The fourth-order valence-corrected chi connectivity index (χ4v) is 2.03. The molecule has 1 N–H and O–H groups in total. The van der Waals surface area contributed by atoms with Gasteiger partial charge in [-0.3, -0.25) is 9.59 Å². The number of nitrogens with one attached hydrogen (secondary N) is 1. The van der Waals surface area contributed by atoms with E-state index in [-0.39, 0.29) is 17.5 Å². The van der Waals surface area contributed by atoms with E-state index in [0.29, 0.717) is 17.0 Å². The number of halogens is 1. The van der Waals surface area contributed by atoms with Crippen molar-refractivity contribution in [2.24, 2.45) is 0 Å². The maximum absolute atomic E-state index is 12.0. The highest BCUT2D eigenvalue weighted by atomic mass is 127. The molecule has 0 radical (unpaired) electrons.